The van der Waals surface area contributed by atoms with Crippen molar-refractivity contribution in [1.82, 2.24) is 29.3 Å². The van der Waals surface area contributed by atoms with Gasteiger partial charge in [0.15, 0.2) is 11.5 Å². The molecular formula is C16H13FN6. The van der Waals surface area contributed by atoms with Crippen LogP contribution in [-0.2, 0) is 6.42 Å². The minimum atomic E-state index is -0.316. The molecule has 4 rings (SSSR count). The summed E-state index contributed by atoms with van der Waals surface area (Å²) in [5.41, 5.74) is 1.24. The Morgan fingerprint density at radius 3 is 2.91 bits per heavy atom. The largest absolute Gasteiger partial charge is 0.287 e. The highest BCUT2D eigenvalue weighted by molar-refractivity contribution is 5.83. The number of halogens is 1. The molecule has 0 bridgehead atoms. The van der Waals surface area contributed by atoms with Gasteiger partial charge in [-0.3, -0.25) is 4.57 Å². The van der Waals surface area contributed by atoms with Crippen LogP contribution < -0.4 is 0 Å². The third-order valence-corrected chi connectivity index (χ3v) is 3.66. The maximum absolute atomic E-state index is 13.5. The lowest BCUT2D eigenvalue weighted by Gasteiger charge is -2.07. The predicted octanol–water partition coefficient (Wildman–Crippen LogP) is 2.70. The third kappa shape index (κ3) is 2.17. The van der Waals surface area contributed by atoms with Crippen molar-refractivity contribution in [3.8, 4) is 11.5 Å². The summed E-state index contributed by atoms with van der Waals surface area (Å²) in [6.45, 7) is 2.04. The number of nitrogens with zero attached hydrogens (tertiary/aromatic N) is 6. The first-order valence-electron chi connectivity index (χ1n) is 7.25. The fourth-order valence-corrected chi connectivity index (χ4v) is 2.61. The van der Waals surface area contributed by atoms with Crippen LogP contribution in [0, 0.1) is 5.82 Å². The summed E-state index contributed by atoms with van der Waals surface area (Å²) in [4.78, 5) is 13.0. The Hall–Kier alpha value is -3.09. The SMILES string of the molecule is CCc1nccn1-c1ncnc2c1cnn2-c1cccc(F)c1. The molecule has 3 aromatic heterocycles. The average Bonchev–Trinajstić information content (AvgIpc) is 3.21. The van der Waals surface area contributed by atoms with Gasteiger partial charge in [0.25, 0.3) is 0 Å². The first kappa shape index (κ1) is 13.6. The summed E-state index contributed by atoms with van der Waals surface area (Å²) < 4.78 is 17.0. The number of aromatic nitrogens is 6. The lowest BCUT2D eigenvalue weighted by atomic mass is 10.3. The van der Waals surface area contributed by atoms with Crippen molar-refractivity contribution in [3.63, 3.8) is 0 Å². The average molecular weight is 308 g/mol. The quantitative estimate of drug-likeness (QED) is 0.584. The normalized spacial score (nSPS) is 11.2. The van der Waals surface area contributed by atoms with E-state index < -0.39 is 0 Å². The molecule has 23 heavy (non-hydrogen) atoms. The monoisotopic (exact) mass is 308 g/mol. The van der Waals surface area contributed by atoms with Gasteiger partial charge in [-0.1, -0.05) is 13.0 Å². The van der Waals surface area contributed by atoms with E-state index in [1.807, 2.05) is 17.7 Å². The summed E-state index contributed by atoms with van der Waals surface area (Å²) in [6.07, 6.45) is 7.56. The van der Waals surface area contributed by atoms with Crippen LogP contribution in [0.5, 0.6) is 0 Å². The lowest BCUT2D eigenvalue weighted by molar-refractivity contribution is 0.625. The zero-order valence-corrected chi connectivity index (χ0v) is 12.4. The smallest absolute Gasteiger partial charge is 0.168 e. The molecule has 6 nitrogen and oxygen atoms in total. The van der Waals surface area contributed by atoms with E-state index >= 15 is 0 Å². The number of hydrogen-bond acceptors (Lipinski definition) is 4. The van der Waals surface area contributed by atoms with Crippen LogP contribution in [0.3, 0.4) is 0 Å². The van der Waals surface area contributed by atoms with Gasteiger partial charge in [0.1, 0.15) is 18.0 Å². The van der Waals surface area contributed by atoms with Gasteiger partial charge >= 0.3 is 0 Å². The molecule has 0 atom stereocenters. The Labute approximate surface area is 131 Å². The first-order valence-corrected chi connectivity index (χ1v) is 7.25. The number of rotatable bonds is 3. The summed E-state index contributed by atoms with van der Waals surface area (Å²) in [5, 5.41) is 5.13. The topological polar surface area (TPSA) is 61.4 Å². The molecule has 0 radical (unpaired) electrons. The van der Waals surface area contributed by atoms with Gasteiger partial charge in [0.05, 0.1) is 17.3 Å². The van der Waals surface area contributed by atoms with E-state index in [0.717, 1.165) is 17.6 Å². The molecule has 0 fully saturated rings. The predicted molar refractivity (Wildman–Crippen MR) is 83.1 cm³/mol. The number of hydrogen-bond donors (Lipinski definition) is 0. The second-order valence-electron chi connectivity index (χ2n) is 5.04. The number of aryl methyl sites for hydroxylation is 1. The summed E-state index contributed by atoms with van der Waals surface area (Å²) in [7, 11) is 0. The van der Waals surface area contributed by atoms with Crippen molar-refractivity contribution in [3.05, 3.63) is 60.8 Å². The molecule has 7 heteroatoms. The van der Waals surface area contributed by atoms with Crippen LogP contribution in [0.2, 0.25) is 0 Å². The van der Waals surface area contributed by atoms with Crippen LogP contribution in [-0.4, -0.2) is 29.3 Å². The van der Waals surface area contributed by atoms with Gasteiger partial charge in [-0.15, -0.1) is 0 Å². The standard InChI is InChI=1S/C16H13FN6/c1-2-14-18-6-7-22(14)15-13-9-21-23(16(13)20-10-19-15)12-5-3-4-11(17)8-12/h3-10H,2H2,1H3. The molecule has 0 N–H and O–H groups in total. The van der Waals surface area contributed by atoms with Crippen molar-refractivity contribution in [2.75, 3.05) is 0 Å². The Morgan fingerprint density at radius 2 is 2.09 bits per heavy atom. The van der Waals surface area contributed by atoms with Gasteiger partial charge in [0, 0.05) is 18.8 Å². The zero-order valence-electron chi connectivity index (χ0n) is 12.4. The molecular weight excluding hydrogens is 295 g/mol. The Bertz CT molecular complexity index is 987. The molecule has 0 aliphatic heterocycles. The Morgan fingerprint density at radius 1 is 1.17 bits per heavy atom. The van der Waals surface area contributed by atoms with Crippen molar-refractivity contribution in [2.45, 2.75) is 13.3 Å². The Kier molecular flexibility index (Phi) is 3.11. The minimum absolute atomic E-state index is 0.316. The van der Waals surface area contributed by atoms with Crippen molar-refractivity contribution >= 4 is 11.0 Å². The molecule has 1 aromatic carbocycles. The van der Waals surface area contributed by atoms with Crippen LogP contribution in [0.4, 0.5) is 4.39 Å². The molecule has 3 heterocycles. The summed E-state index contributed by atoms with van der Waals surface area (Å²) in [6, 6.07) is 6.24. The first-order chi connectivity index (χ1) is 11.3. The van der Waals surface area contributed by atoms with Crippen molar-refractivity contribution in [2.24, 2.45) is 0 Å². The number of benzene rings is 1. The van der Waals surface area contributed by atoms with Gasteiger partial charge in [-0.25, -0.2) is 24.0 Å². The summed E-state index contributed by atoms with van der Waals surface area (Å²) >= 11 is 0. The fraction of sp³-hybridized carbons (Fsp3) is 0.125. The lowest BCUT2D eigenvalue weighted by Crippen LogP contribution is -2.04. The van der Waals surface area contributed by atoms with Crippen molar-refractivity contribution in [1.29, 1.82) is 0 Å². The van der Waals surface area contributed by atoms with E-state index in [9.17, 15) is 4.39 Å². The molecule has 0 saturated carbocycles. The second-order valence-corrected chi connectivity index (χ2v) is 5.04. The molecule has 0 aliphatic carbocycles. The van der Waals surface area contributed by atoms with Crippen LogP contribution in [0.15, 0.2) is 49.2 Å². The Balaban J connectivity index is 1.94. The second kappa shape index (κ2) is 5.28. The molecule has 4 aromatic rings. The molecule has 0 spiro atoms. The van der Waals surface area contributed by atoms with E-state index in [4.69, 9.17) is 0 Å². The molecule has 0 saturated heterocycles. The van der Waals surface area contributed by atoms with Gasteiger partial charge in [0.2, 0.25) is 0 Å². The van der Waals surface area contributed by atoms with E-state index in [2.05, 4.69) is 20.1 Å². The fourth-order valence-electron chi connectivity index (χ4n) is 2.61. The highest BCUT2D eigenvalue weighted by Crippen LogP contribution is 2.22. The van der Waals surface area contributed by atoms with E-state index in [1.54, 1.807) is 29.2 Å². The van der Waals surface area contributed by atoms with Crippen LogP contribution in [0.1, 0.15) is 12.7 Å². The number of fused-ring (bicyclic) bond motifs is 1. The van der Waals surface area contributed by atoms with E-state index in [1.165, 1.54) is 18.5 Å². The van der Waals surface area contributed by atoms with Gasteiger partial charge in [-0.2, -0.15) is 5.10 Å². The van der Waals surface area contributed by atoms with E-state index in [0.29, 0.717) is 17.2 Å². The van der Waals surface area contributed by atoms with Gasteiger partial charge in [-0.05, 0) is 18.2 Å². The highest BCUT2D eigenvalue weighted by Gasteiger charge is 2.14. The number of imidazole rings is 1. The molecule has 114 valence electrons. The van der Waals surface area contributed by atoms with Crippen molar-refractivity contribution < 1.29 is 4.39 Å². The van der Waals surface area contributed by atoms with E-state index in [-0.39, 0.29) is 5.82 Å². The molecule has 0 amide bonds. The van der Waals surface area contributed by atoms with Gasteiger partial charge < -0.3 is 0 Å². The van der Waals surface area contributed by atoms with Crippen LogP contribution in [0.25, 0.3) is 22.5 Å². The minimum Gasteiger partial charge on any atom is -0.287 e. The maximum Gasteiger partial charge on any atom is 0.168 e. The van der Waals surface area contributed by atoms with Crippen LogP contribution >= 0.6 is 0 Å². The third-order valence-electron chi connectivity index (χ3n) is 3.66. The molecule has 0 aliphatic rings. The summed E-state index contributed by atoms with van der Waals surface area (Å²) in [5.74, 6) is 1.30. The molecule has 0 unspecified atom stereocenters. The zero-order chi connectivity index (χ0) is 15.8. The maximum atomic E-state index is 13.5. The highest BCUT2D eigenvalue weighted by atomic mass is 19.1.